The van der Waals surface area contributed by atoms with Crippen molar-refractivity contribution in [1.29, 1.82) is 0 Å². The van der Waals surface area contributed by atoms with Crippen LogP contribution in [0.1, 0.15) is 5.56 Å². The molecule has 0 bridgehead atoms. The first-order valence-electron chi connectivity index (χ1n) is 7.82. The van der Waals surface area contributed by atoms with E-state index in [4.69, 9.17) is 9.88 Å². The largest absolute Gasteiger partial charge is 0.497 e. The third-order valence-corrected chi connectivity index (χ3v) is 5.49. The Morgan fingerprint density at radius 2 is 1.93 bits per heavy atom. The first-order chi connectivity index (χ1) is 13.2. The summed E-state index contributed by atoms with van der Waals surface area (Å²) in [5.41, 5.74) is 0.921. The van der Waals surface area contributed by atoms with E-state index in [0.717, 1.165) is 11.6 Å². The molecule has 10 nitrogen and oxygen atoms in total. The molecule has 0 unspecified atom stereocenters. The van der Waals surface area contributed by atoms with E-state index < -0.39 is 17.1 Å². The quantitative estimate of drug-likeness (QED) is 0.409. The number of nitrogens with zero attached hydrogens (tertiary/aromatic N) is 4. The third kappa shape index (κ3) is 4.23. The van der Waals surface area contributed by atoms with Gasteiger partial charge in [-0.15, -0.1) is 5.10 Å². The second-order valence-electron chi connectivity index (χ2n) is 5.80. The topological polar surface area (TPSA) is 153 Å². The maximum Gasteiger partial charge on any atom is 0.488 e. The fraction of sp³-hybridized carbons (Fsp3) is 0.133. The molecule has 146 valence electrons. The fourth-order valence-corrected chi connectivity index (χ4v) is 4.16. The molecule has 28 heavy (non-hydrogen) atoms. The van der Waals surface area contributed by atoms with Gasteiger partial charge in [-0.1, -0.05) is 28.1 Å². The van der Waals surface area contributed by atoms with Crippen molar-refractivity contribution in [3.05, 3.63) is 46.4 Å². The lowest BCUT2D eigenvalue weighted by Gasteiger charge is -2.13. The highest BCUT2D eigenvalue weighted by Crippen LogP contribution is 2.32. The number of sulfonamides is 1. The van der Waals surface area contributed by atoms with Crippen LogP contribution in [-0.4, -0.2) is 52.9 Å². The molecule has 13 heteroatoms. The van der Waals surface area contributed by atoms with E-state index in [9.17, 15) is 18.5 Å². The van der Waals surface area contributed by atoms with Gasteiger partial charge in [0.2, 0.25) is 10.0 Å². The Kier molecular flexibility index (Phi) is 5.81. The molecule has 1 aromatic heterocycles. The van der Waals surface area contributed by atoms with Gasteiger partial charge in [0.05, 0.1) is 24.1 Å². The molecule has 0 aliphatic heterocycles. The molecule has 0 spiro atoms. The van der Waals surface area contributed by atoms with E-state index in [2.05, 4.69) is 31.5 Å². The van der Waals surface area contributed by atoms with Crippen LogP contribution in [0.4, 0.5) is 0 Å². The normalized spacial score (nSPS) is 11.5. The number of primary sulfonamides is 1. The van der Waals surface area contributed by atoms with E-state index in [1.807, 2.05) is 12.1 Å². The van der Waals surface area contributed by atoms with Gasteiger partial charge in [-0.25, -0.2) is 18.2 Å². The molecule has 0 aliphatic rings. The lowest BCUT2D eigenvalue weighted by Crippen LogP contribution is -2.31. The van der Waals surface area contributed by atoms with Crippen LogP contribution in [0.2, 0.25) is 0 Å². The smallest absolute Gasteiger partial charge is 0.488 e. The average Bonchev–Trinajstić information content (AvgIpc) is 3.08. The fourth-order valence-electron chi connectivity index (χ4n) is 2.59. The van der Waals surface area contributed by atoms with E-state index in [-0.39, 0.29) is 32.8 Å². The number of tetrazole rings is 1. The van der Waals surface area contributed by atoms with Gasteiger partial charge in [-0.2, -0.15) is 0 Å². The lowest BCUT2D eigenvalue weighted by atomic mass is 9.80. The van der Waals surface area contributed by atoms with Crippen LogP contribution in [0, 0.1) is 0 Å². The second-order valence-corrected chi connectivity index (χ2v) is 8.19. The number of nitrogens with two attached hydrogens (primary N) is 1. The SMILES string of the molecule is COc1ccc(Cn2nnnc2-c2c(Br)cc(B(O)O)cc2S(N)(=O)=O)cc1. The molecule has 0 saturated heterocycles. The summed E-state index contributed by atoms with van der Waals surface area (Å²) in [6.07, 6.45) is 0. The van der Waals surface area contributed by atoms with Gasteiger partial charge in [0.15, 0.2) is 5.82 Å². The summed E-state index contributed by atoms with van der Waals surface area (Å²) < 4.78 is 31.0. The monoisotopic (exact) mass is 467 g/mol. The number of methoxy groups -OCH3 is 1. The minimum absolute atomic E-state index is 0.0474. The average molecular weight is 468 g/mol. The summed E-state index contributed by atoms with van der Waals surface area (Å²) in [4.78, 5) is -0.337. The molecule has 0 atom stereocenters. The summed E-state index contributed by atoms with van der Waals surface area (Å²) in [5, 5.41) is 35.6. The Morgan fingerprint density at radius 1 is 1.25 bits per heavy atom. The second kappa shape index (κ2) is 7.97. The molecule has 0 saturated carbocycles. The van der Waals surface area contributed by atoms with Crippen molar-refractivity contribution in [2.24, 2.45) is 5.14 Å². The minimum Gasteiger partial charge on any atom is -0.497 e. The van der Waals surface area contributed by atoms with Crippen molar-refractivity contribution in [3.63, 3.8) is 0 Å². The zero-order valence-corrected chi connectivity index (χ0v) is 16.9. The molecule has 2 aromatic carbocycles. The lowest BCUT2D eigenvalue weighted by molar-refractivity contribution is 0.414. The maximum atomic E-state index is 12.1. The van der Waals surface area contributed by atoms with Crippen LogP contribution in [0.15, 0.2) is 45.8 Å². The number of hydrogen-bond acceptors (Lipinski definition) is 8. The zero-order valence-electron chi connectivity index (χ0n) is 14.5. The standard InChI is InChI=1S/C15H15BBrN5O5S/c1-27-11-4-2-9(3-5-11)8-22-15(19-20-21-22)14-12(17)6-10(16(23)24)7-13(14)28(18,25)26/h2-7,23-24H,8H2,1H3,(H2,18,25,26). The van der Waals surface area contributed by atoms with Crippen molar-refractivity contribution in [2.45, 2.75) is 11.4 Å². The van der Waals surface area contributed by atoms with Crippen LogP contribution < -0.4 is 15.3 Å². The molecule has 0 fully saturated rings. The molecule has 3 aromatic rings. The van der Waals surface area contributed by atoms with E-state index in [1.165, 1.54) is 10.7 Å². The molecule has 4 N–H and O–H groups in total. The number of rotatable bonds is 6. The highest BCUT2D eigenvalue weighted by molar-refractivity contribution is 9.10. The number of hydrogen-bond donors (Lipinski definition) is 3. The summed E-state index contributed by atoms with van der Waals surface area (Å²) in [6, 6.07) is 9.65. The van der Waals surface area contributed by atoms with Gasteiger partial charge < -0.3 is 14.8 Å². The highest BCUT2D eigenvalue weighted by atomic mass is 79.9. The van der Waals surface area contributed by atoms with Crippen LogP contribution in [0.5, 0.6) is 5.75 Å². The molecule has 3 rings (SSSR count). The van der Waals surface area contributed by atoms with Crippen molar-refractivity contribution < 1.29 is 23.2 Å². The van der Waals surface area contributed by atoms with E-state index >= 15 is 0 Å². The zero-order chi connectivity index (χ0) is 20.5. The Hall–Kier alpha value is -2.32. The molecule has 0 radical (unpaired) electrons. The predicted octanol–water partition coefficient (Wildman–Crippen LogP) is -0.513. The third-order valence-electron chi connectivity index (χ3n) is 3.93. The number of benzene rings is 2. The molecule has 0 amide bonds. The Labute approximate surface area is 169 Å². The van der Waals surface area contributed by atoms with Crippen LogP contribution in [0.3, 0.4) is 0 Å². The van der Waals surface area contributed by atoms with Gasteiger partial charge >= 0.3 is 7.12 Å². The summed E-state index contributed by atoms with van der Waals surface area (Å²) >= 11 is 3.25. The minimum atomic E-state index is -4.21. The first kappa shape index (κ1) is 20.4. The van der Waals surface area contributed by atoms with Gasteiger partial charge in [-0.05, 0) is 45.7 Å². The van der Waals surface area contributed by atoms with Gasteiger partial charge in [0, 0.05) is 4.47 Å². The molecule has 1 heterocycles. The van der Waals surface area contributed by atoms with Crippen molar-refractivity contribution in [3.8, 4) is 17.1 Å². The highest BCUT2D eigenvalue weighted by Gasteiger charge is 2.26. The van der Waals surface area contributed by atoms with Crippen LogP contribution in [-0.2, 0) is 16.6 Å². The van der Waals surface area contributed by atoms with Crippen molar-refractivity contribution in [1.82, 2.24) is 20.2 Å². The van der Waals surface area contributed by atoms with E-state index in [1.54, 1.807) is 19.2 Å². The van der Waals surface area contributed by atoms with E-state index in [0.29, 0.717) is 5.75 Å². The van der Waals surface area contributed by atoms with Crippen LogP contribution in [0.25, 0.3) is 11.4 Å². The van der Waals surface area contributed by atoms with Crippen molar-refractivity contribution >= 4 is 38.5 Å². The van der Waals surface area contributed by atoms with Gasteiger partial charge in [-0.3, -0.25) is 0 Å². The Bertz CT molecular complexity index is 1100. The Morgan fingerprint density at radius 3 is 2.50 bits per heavy atom. The summed E-state index contributed by atoms with van der Waals surface area (Å²) in [5.74, 6) is 0.837. The Balaban J connectivity index is 2.11. The summed E-state index contributed by atoms with van der Waals surface area (Å²) in [7, 11) is -4.52. The summed E-state index contributed by atoms with van der Waals surface area (Å²) in [6.45, 7) is 0.257. The maximum absolute atomic E-state index is 12.1. The number of ether oxygens (including phenoxy) is 1. The molecule has 0 aliphatic carbocycles. The van der Waals surface area contributed by atoms with Gasteiger partial charge in [0.1, 0.15) is 5.75 Å². The predicted molar refractivity (Wildman–Crippen MR) is 104 cm³/mol. The number of halogens is 1. The molecular weight excluding hydrogens is 453 g/mol. The van der Waals surface area contributed by atoms with Gasteiger partial charge in [0.25, 0.3) is 0 Å². The van der Waals surface area contributed by atoms with Crippen LogP contribution >= 0.6 is 15.9 Å². The molecular formula is C15H15BBrN5O5S. The number of aromatic nitrogens is 4. The van der Waals surface area contributed by atoms with Crippen molar-refractivity contribution in [2.75, 3.05) is 7.11 Å². The first-order valence-corrected chi connectivity index (χ1v) is 10.2.